The summed E-state index contributed by atoms with van der Waals surface area (Å²) in [6.07, 6.45) is 1.21. The van der Waals surface area contributed by atoms with Gasteiger partial charge in [-0.2, -0.15) is 0 Å². The molecular weight excluding hydrogens is 714 g/mol. The Morgan fingerprint density at radius 1 is 1.15 bits per heavy atom. The van der Waals surface area contributed by atoms with Crippen LogP contribution in [0, 0.1) is 0 Å². The van der Waals surface area contributed by atoms with Crippen molar-refractivity contribution in [2.24, 2.45) is 0 Å². The number of alkyl carbamates (subject to hydrolysis) is 1. The Balaban J connectivity index is 1.54. The summed E-state index contributed by atoms with van der Waals surface area (Å²) in [4.78, 5) is 45.9. The molecule has 0 bridgehead atoms. The third kappa shape index (κ3) is 12.3. The van der Waals surface area contributed by atoms with Crippen LogP contribution in [0.15, 0.2) is 65.6 Å². The minimum absolute atomic E-state index is 0.00492. The van der Waals surface area contributed by atoms with Crippen molar-refractivity contribution < 1.29 is 41.8 Å². The van der Waals surface area contributed by atoms with Crippen molar-refractivity contribution in [1.82, 2.24) is 25.2 Å². The van der Waals surface area contributed by atoms with Crippen molar-refractivity contribution in [2.45, 2.75) is 95.4 Å². The van der Waals surface area contributed by atoms with Crippen LogP contribution in [0.5, 0.6) is 0 Å². The van der Waals surface area contributed by atoms with Gasteiger partial charge in [0.05, 0.1) is 25.0 Å². The number of likely N-dealkylation sites (tertiary alicyclic amines) is 1. The number of hydrogen-bond acceptors (Lipinski definition) is 10. The Labute approximate surface area is 309 Å². The average molecular weight is 762 g/mol. The van der Waals surface area contributed by atoms with Gasteiger partial charge >= 0.3 is 6.09 Å². The first-order chi connectivity index (χ1) is 24.5. The molecule has 1 aliphatic heterocycles. The van der Waals surface area contributed by atoms with Gasteiger partial charge in [0.1, 0.15) is 23.2 Å². The number of halogens is 1. The van der Waals surface area contributed by atoms with E-state index in [-0.39, 0.29) is 38.3 Å². The lowest BCUT2D eigenvalue weighted by molar-refractivity contribution is -0.140. The lowest BCUT2D eigenvalue weighted by Crippen LogP contribution is -2.54. The molecule has 3 aromatic rings. The van der Waals surface area contributed by atoms with E-state index in [0.717, 1.165) is 11.8 Å². The van der Waals surface area contributed by atoms with E-state index in [2.05, 4.69) is 26.9 Å². The number of oxazole rings is 1. The second kappa shape index (κ2) is 18.1. The standard InChI is InChI=1S/C36H48ClN5O9S/c1-6-11-28(41-52(5,47)48)34(45)42-21-25(49-22-23-15-17-24(37)18-16-23)20-29(42)32(44)39-27(13-9-10-19-38-35(46)51-36(2,3)4)31(43)33-40-26-12-7-8-14-30(26)50-33/h6-8,12,14-18,25,27-29,31,41,43H,1,9-11,13,19-22H2,2-5H3,(H,38,46)(H,39,44)/t25-,27+,28-,29+,31?/m1/s1. The topological polar surface area (TPSA) is 189 Å². The molecule has 2 aromatic carbocycles. The highest BCUT2D eigenvalue weighted by molar-refractivity contribution is 7.88. The summed E-state index contributed by atoms with van der Waals surface area (Å²) >= 11 is 6.02. The number of fused-ring (bicyclic) bond motifs is 1. The molecule has 1 saturated heterocycles. The van der Waals surface area contributed by atoms with Crippen LogP contribution >= 0.6 is 11.6 Å². The number of aromatic nitrogens is 1. The van der Waals surface area contributed by atoms with Crippen LogP contribution < -0.4 is 15.4 Å². The van der Waals surface area contributed by atoms with E-state index < -0.39 is 63.9 Å². The number of unbranched alkanes of at least 4 members (excludes halogenated alkanes) is 1. The van der Waals surface area contributed by atoms with E-state index in [1.54, 1.807) is 57.2 Å². The van der Waals surface area contributed by atoms with Gasteiger partial charge in [-0.05, 0) is 76.3 Å². The second-order valence-electron chi connectivity index (χ2n) is 13.8. The van der Waals surface area contributed by atoms with Crippen molar-refractivity contribution in [3.8, 4) is 0 Å². The highest BCUT2D eigenvalue weighted by Gasteiger charge is 2.43. The molecule has 1 fully saturated rings. The van der Waals surface area contributed by atoms with Crippen molar-refractivity contribution in [3.05, 3.63) is 77.7 Å². The molecule has 0 spiro atoms. The molecule has 5 atom stereocenters. The van der Waals surface area contributed by atoms with E-state index in [1.165, 1.54) is 11.0 Å². The predicted molar refractivity (Wildman–Crippen MR) is 196 cm³/mol. The quantitative estimate of drug-likeness (QED) is 0.114. The van der Waals surface area contributed by atoms with Crippen LogP contribution in [0.3, 0.4) is 0 Å². The number of aliphatic hydroxyl groups is 1. The van der Waals surface area contributed by atoms with Gasteiger partial charge in [0.25, 0.3) is 0 Å². The lowest BCUT2D eigenvalue weighted by atomic mass is 10.0. The van der Waals surface area contributed by atoms with E-state index in [1.807, 2.05) is 12.1 Å². The Bertz CT molecular complexity index is 1760. The van der Waals surface area contributed by atoms with E-state index in [4.69, 9.17) is 25.5 Å². The first kappa shape index (κ1) is 40.7. The maximum Gasteiger partial charge on any atom is 0.407 e. The zero-order chi connectivity index (χ0) is 38.1. The monoisotopic (exact) mass is 761 g/mol. The molecule has 0 radical (unpaired) electrons. The summed E-state index contributed by atoms with van der Waals surface area (Å²) in [6, 6.07) is 10.9. The Morgan fingerprint density at radius 2 is 1.87 bits per heavy atom. The van der Waals surface area contributed by atoms with Crippen molar-refractivity contribution >= 4 is 50.6 Å². The summed E-state index contributed by atoms with van der Waals surface area (Å²) < 4.78 is 43.9. The van der Waals surface area contributed by atoms with Gasteiger partial charge in [0, 0.05) is 24.5 Å². The van der Waals surface area contributed by atoms with Crippen LogP contribution in [-0.2, 0) is 35.7 Å². The number of carbonyl (C=O) groups excluding carboxylic acids is 3. The number of rotatable bonds is 17. The molecule has 4 rings (SSSR count). The fraction of sp³-hybridized carbons (Fsp3) is 0.500. The zero-order valence-electron chi connectivity index (χ0n) is 29.8. The minimum Gasteiger partial charge on any atom is -0.444 e. The minimum atomic E-state index is -3.80. The van der Waals surface area contributed by atoms with E-state index in [0.29, 0.717) is 35.5 Å². The number of amides is 3. The molecule has 4 N–H and O–H groups in total. The van der Waals surface area contributed by atoms with Crippen LogP contribution in [-0.4, -0.2) is 90.5 Å². The Hall–Kier alpha value is -4.02. The molecule has 1 unspecified atom stereocenters. The highest BCUT2D eigenvalue weighted by atomic mass is 35.5. The molecule has 2 heterocycles. The molecule has 1 aliphatic rings. The molecule has 0 saturated carbocycles. The first-order valence-electron chi connectivity index (χ1n) is 17.1. The third-order valence-electron chi connectivity index (χ3n) is 8.19. The number of nitrogens with one attached hydrogen (secondary N) is 3. The van der Waals surface area contributed by atoms with Crippen molar-refractivity contribution in [1.29, 1.82) is 0 Å². The van der Waals surface area contributed by atoms with Crippen molar-refractivity contribution in [3.63, 3.8) is 0 Å². The van der Waals surface area contributed by atoms with Crippen LogP contribution in [0.1, 0.15) is 70.4 Å². The summed E-state index contributed by atoms with van der Waals surface area (Å²) in [7, 11) is -3.80. The molecule has 0 aliphatic carbocycles. The lowest BCUT2D eigenvalue weighted by Gasteiger charge is -2.30. The summed E-state index contributed by atoms with van der Waals surface area (Å²) in [5.41, 5.74) is 1.18. The normalized spacial score (nSPS) is 18.1. The summed E-state index contributed by atoms with van der Waals surface area (Å²) in [6.45, 7) is 9.45. The molecule has 14 nitrogen and oxygen atoms in total. The SMILES string of the molecule is C=CC[C@@H](NS(C)(=O)=O)C(=O)N1C[C@H](OCc2ccc(Cl)cc2)C[C@H]1C(=O)N[C@@H](CCCCNC(=O)OC(C)(C)C)C(O)c1nc2ccccc2o1. The van der Waals surface area contributed by atoms with Gasteiger partial charge in [-0.15, -0.1) is 6.58 Å². The zero-order valence-corrected chi connectivity index (χ0v) is 31.4. The Morgan fingerprint density at radius 3 is 2.52 bits per heavy atom. The number of para-hydroxylation sites is 2. The summed E-state index contributed by atoms with van der Waals surface area (Å²) in [5.74, 6) is -1.19. The fourth-order valence-corrected chi connectivity index (χ4v) is 6.64. The number of hydrogen-bond donors (Lipinski definition) is 4. The van der Waals surface area contributed by atoms with Gasteiger partial charge in [-0.1, -0.05) is 41.9 Å². The smallest absolute Gasteiger partial charge is 0.407 e. The van der Waals surface area contributed by atoms with Gasteiger partial charge < -0.3 is 34.5 Å². The number of ether oxygens (including phenoxy) is 2. The fourth-order valence-electron chi connectivity index (χ4n) is 5.80. The van der Waals surface area contributed by atoms with Crippen LogP contribution in [0.4, 0.5) is 4.79 Å². The third-order valence-corrected chi connectivity index (χ3v) is 9.15. The number of aliphatic hydroxyl groups excluding tert-OH is 1. The van der Waals surface area contributed by atoms with Gasteiger partial charge in [-0.3, -0.25) is 9.59 Å². The molecular formula is C36H48ClN5O9S. The number of benzene rings is 2. The maximum absolute atomic E-state index is 14.1. The summed E-state index contributed by atoms with van der Waals surface area (Å²) in [5, 5.41) is 17.7. The molecule has 16 heteroatoms. The van der Waals surface area contributed by atoms with Gasteiger partial charge in [0.2, 0.25) is 27.7 Å². The maximum atomic E-state index is 14.1. The second-order valence-corrected chi connectivity index (χ2v) is 16.0. The largest absolute Gasteiger partial charge is 0.444 e. The van der Waals surface area contributed by atoms with E-state index in [9.17, 15) is 27.9 Å². The highest BCUT2D eigenvalue weighted by Crippen LogP contribution is 2.27. The molecule has 1 aromatic heterocycles. The number of nitrogens with zero attached hydrogens (tertiary/aromatic N) is 2. The first-order valence-corrected chi connectivity index (χ1v) is 19.4. The van der Waals surface area contributed by atoms with Gasteiger partial charge in [-0.25, -0.2) is 22.9 Å². The Kier molecular flexibility index (Phi) is 14.2. The number of sulfonamides is 1. The average Bonchev–Trinajstić information content (AvgIpc) is 3.70. The number of carbonyl (C=O) groups is 3. The van der Waals surface area contributed by atoms with Gasteiger partial charge in [0.15, 0.2) is 11.7 Å². The molecule has 3 amide bonds. The molecule has 52 heavy (non-hydrogen) atoms. The molecule has 284 valence electrons. The van der Waals surface area contributed by atoms with Crippen LogP contribution in [0.2, 0.25) is 5.02 Å². The van der Waals surface area contributed by atoms with E-state index >= 15 is 0 Å². The van der Waals surface area contributed by atoms with Crippen LogP contribution in [0.25, 0.3) is 11.1 Å². The van der Waals surface area contributed by atoms with Crippen molar-refractivity contribution in [2.75, 3.05) is 19.3 Å². The predicted octanol–water partition coefficient (Wildman–Crippen LogP) is 4.37.